The first-order valence-electron chi connectivity index (χ1n) is 11.5. The maximum Gasteiger partial charge on any atom is 0.407 e. The number of nitrogens with one attached hydrogen (secondary N) is 1. The molecule has 1 heterocycles. The van der Waals surface area contributed by atoms with E-state index in [2.05, 4.69) is 29.6 Å². The molecule has 2 N–H and O–H groups in total. The largest absolute Gasteiger partial charge is 0.480 e. The van der Waals surface area contributed by atoms with Gasteiger partial charge in [-0.25, -0.2) is 4.79 Å². The van der Waals surface area contributed by atoms with Crippen LogP contribution in [0.4, 0.5) is 4.79 Å². The molecule has 1 aliphatic heterocycles. The average Bonchev–Trinajstić information content (AvgIpc) is 3.18. The third-order valence-corrected chi connectivity index (χ3v) is 6.50. The van der Waals surface area contributed by atoms with E-state index < -0.39 is 18.1 Å². The number of benzene rings is 2. The number of carbonyl (C=O) groups is 3. The van der Waals surface area contributed by atoms with Crippen molar-refractivity contribution in [2.24, 2.45) is 0 Å². The van der Waals surface area contributed by atoms with Crippen molar-refractivity contribution in [3.8, 4) is 11.1 Å². The van der Waals surface area contributed by atoms with E-state index in [-0.39, 0.29) is 25.0 Å². The summed E-state index contributed by atoms with van der Waals surface area (Å²) >= 11 is 0. The highest BCUT2D eigenvalue weighted by Gasteiger charge is 2.29. The van der Waals surface area contributed by atoms with E-state index in [0.717, 1.165) is 11.1 Å². The molecule has 0 bridgehead atoms. The molecule has 2 amide bonds. The van der Waals surface area contributed by atoms with Crippen LogP contribution in [0.2, 0.25) is 0 Å². The number of carboxylic acids is 1. The fourth-order valence-corrected chi connectivity index (χ4v) is 4.54. The molecule has 0 radical (unpaired) electrons. The molecule has 0 saturated carbocycles. The van der Waals surface area contributed by atoms with E-state index in [4.69, 9.17) is 9.84 Å². The Kier molecular flexibility index (Phi) is 7.27. The fourth-order valence-electron chi connectivity index (χ4n) is 4.54. The van der Waals surface area contributed by atoms with Gasteiger partial charge in [-0.2, -0.15) is 0 Å². The number of hydrogen-bond donors (Lipinski definition) is 2. The first-order chi connectivity index (χ1) is 16.5. The number of ether oxygens (including phenoxy) is 1. The van der Waals surface area contributed by atoms with Crippen LogP contribution in [0.1, 0.15) is 24.0 Å². The van der Waals surface area contributed by atoms with Crippen molar-refractivity contribution in [1.82, 2.24) is 15.1 Å². The highest BCUT2D eigenvalue weighted by molar-refractivity contribution is 5.87. The van der Waals surface area contributed by atoms with Gasteiger partial charge in [0.05, 0.1) is 0 Å². The van der Waals surface area contributed by atoms with Gasteiger partial charge in [0.1, 0.15) is 12.6 Å². The van der Waals surface area contributed by atoms with Gasteiger partial charge in [-0.15, -0.1) is 0 Å². The van der Waals surface area contributed by atoms with Crippen molar-refractivity contribution < 1.29 is 24.2 Å². The number of carboxylic acid groups (broad SMARTS) is 1. The van der Waals surface area contributed by atoms with E-state index in [0.29, 0.717) is 26.2 Å². The maximum atomic E-state index is 12.3. The zero-order valence-electron chi connectivity index (χ0n) is 19.1. The van der Waals surface area contributed by atoms with Crippen molar-refractivity contribution in [2.75, 3.05) is 39.3 Å². The molecule has 0 aromatic heterocycles. The molecule has 34 heavy (non-hydrogen) atoms. The molecule has 2 aliphatic rings. The average molecular weight is 464 g/mol. The number of amides is 2. The lowest BCUT2D eigenvalue weighted by atomic mass is 9.98. The van der Waals surface area contributed by atoms with Crippen LogP contribution in [0, 0.1) is 0 Å². The van der Waals surface area contributed by atoms with Crippen molar-refractivity contribution in [3.05, 3.63) is 71.8 Å². The van der Waals surface area contributed by atoms with Crippen molar-refractivity contribution in [1.29, 1.82) is 0 Å². The van der Waals surface area contributed by atoms with E-state index in [1.165, 1.54) is 17.2 Å². The summed E-state index contributed by atoms with van der Waals surface area (Å²) in [5.74, 6) is -1.02. The van der Waals surface area contributed by atoms with Crippen molar-refractivity contribution in [2.45, 2.75) is 18.9 Å². The molecule has 1 aliphatic carbocycles. The topological polar surface area (TPSA) is 99.2 Å². The first-order valence-corrected chi connectivity index (χ1v) is 11.5. The Bertz CT molecular complexity index is 1050. The summed E-state index contributed by atoms with van der Waals surface area (Å²) in [5.41, 5.74) is 4.65. The molecule has 0 spiro atoms. The molecule has 1 fully saturated rings. The Labute approximate surface area is 198 Å². The number of carbonyl (C=O) groups excluding carboxylic acids is 2. The molecular weight excluding hydrogens is 434 g/mol. The number of nitrogens with zero attached hydrogens (tertiary/aromatic N) is 2. The molecule has 8 nitrogen and oxygen atoms in total. The maximum absolute atomic E-state index is 12.3. The van der Waals surface area contributed by atoms with Crippen LogP contribution >= 0.6 is 0 Å². The normalized spacial score (nSPS) is 16.7. The molecular formula is C26H29N3O5. The van der Waals surface area contributed by atoms with Crippen LogP contribution in [0.3, 0.4) is 0 Å². The zero-order chi connectivity index (χ0) is 24.1. The van der Waals surface area contributed by atoms with Crippen LogP contribution in [-0.2, 0) is 14.3 Å². The third kappa shape index (κ3) is 5.12. The van der Waals surface area contributed by atoms with Crippen LogP contribution in [0.5, 0.6) is 0 Å². The van der Waals surface area contributed by atoms with Gasteiger partial charge in [0.2, 0.25) is 5.91 Å². The summed E-state index contributed by atoms with van der Waals surface area (Å²) in [4.78, 5) is 39.2. The summed E-state index contributed by atoms with van der Waals surface area (Å²) in [6.45, 7) is 4.05. The van der Waals surface area contributed by atoms with Crippen molar-refractivity contribution in [3.63, 3.8) is 0 Å². The van der Waals surface area contributed by atoms with Gasteiger partial charge in [0.25, 0.3) is 0 Å². The van der Waals surface area contributed by atoms with E-state index >= 15 is 0 Å². The molecule has 1 unspecified atom stereocenters. The Hall–Kier alpha value is -3.65. The van der Waals surface area contributed by atoms with Gasteiger partial charge in [0.15, 0.2) is 0 Å². The second-order valence-electron chi connectivity index (χ2n) is 8.48. The van der Waals surface area contributed by atoms with Gasteiger partial charge in [-0.3, -0.25) is 14.5 Å². The molecule has 1 saturated heterocycles. The highest BCUT2D eigenvalue weighted by atomic mass is 16.5. The number of aliphatic carboxylic acids is 1. The summed E-state index contributed by atoms with van der Waals surface area (Å²) in [5, 5.41) is 11.8. The Morgan fingerprint density at radius 2 is 1.62 bits per heavy atom. The predicted octanol–water partition coefficient (Wildman–Crippen LogP) is 2.70. The summed E-state index contributed by atoms with van der Waals surface area (Å²) < 4.78 is 5.48. The first kappa shape index (κ1) is 23.5. The standard InChI is InChI=1S/C26H29N3O5/c1-18(25(31)32)28-13-15-29(16-14-28)24(30)11-6-12-27-26(33)34-17-23-21-9-4-2-7-19(21)20-8-3-5-10-22(20)23/h2-11,18,23H,12-17H2,1H3,(H,27,33)(H,31,32)/b11-6+. The Balaban J connectivity index is 1.21. The molecule has 2 aromatic carbocycles. The second-order valence-corrected chi connectivity index (χ2v) is 8.48. The van der Waals surface area contributed by atoms with Gasteiger partial charge in [-0.1, -0.05) is 54.6 Å². The second kappa shape index (κ2) is 10.5. The Morgan fingerprint density at radius 3 is 2.21 bits per heavy atom. The van der Waals surface area contributed by atoms with Crippen LogP contribution in [-0.4, -0.2) is 78.2 Å². The predicted molar refractivity (Wildman–Crippen MR) is 127 cm³/mol. The van der Waals surface area contributed by atoms with Gasteiger partial charge in [-0.05, 0) is 29.2 Å². The lowest BCUT2D eigenvalue weighted by Gasteiger charge is -2.36. The molecule has 178 valence electrons. The third-order valence-electron chi connectivity index (χ3n) is 6.50. The molecule has 8 heteroatoms. The van der Waals surface area contributed by atoms with Crippen molar-refractivity contribution >= 4 is 18.0 Å². The lowest BCUT2D eigenvalue weighted by molar-refractivity contribution is -0.143. The number of rotatable bonds is 7. The molecule has 4 rings (SSSR count). The van der Waals surface area contributed by atoms with Gasteiger partial charge in [0, 0.05) is 44.7 Å². The SMILES string of the molecule is CC(C(=O)O)N1CCN(C(=O)/C=C/CNC(=O)OCC2c3ccccc3-c3ccccc32)CC1. The number of piperazine rings is 1. The Morgan fingerprint density at radius 1 is 1.03 bits per heavy atom. The van der Waals surface area contributed by atoms with E-state index in [9.17, 15) is 14.4 Å². The monoisotopic (exact) mass is 463 g/mol. The zero-order valence-corrected chi connectivity index (χ0v) is 19.1. The fraction of sp³-hybridized carbons (Fsp3) is 0.346. The van der Waals surface area contributed by atoms with Gasteiger partial charge < -0.3 is 20.1 Å². The van der Waals surface area contributed by atoms with E-state index in [1.807, 2.05) is 29.2 Å². The number of fused-ring (bicyclic) bond motifs is 3. The lowest BCUT2D eigenvalue weighted by Crippen LogP contribution is -2.52. The molecule has 1 atom stereocenters. The number of alkyl carbamates (subject to hydrolysis) is 1. The quantitative estimate of drug-likeness (QED) is 0.613. The van der Waals surface area contributed by atoms with Gasteiger partial charge >= 0.3 is 12.1 Å². The van der Waals surface area contributed by atoms with Crippen LogP contribution in [0.25, 0.3) is 11.1 Å². The smallest absolute Gasteiger partial charge is 0.407 e. The minimum Gasteiger partial charge on any atom is -0.480 e. The summed E-state index contributed by atoms with van der Waals surface area (Å²) in [6, 6.07) is 15.7. The van der Waals surface area contributed by atoms with Crippen LogP contribution in [0.15, 0.2) is 60.7 Å². The minimum atomic E-state index is -0.862. The van der Waals surface area contributed by atoms with E-state index in [1.54, 1.807) is 17.9 Å². The summed E-state index contributed by atoms with van der Waals surface area (Å²) in [6.07, 6.45) is 2.49. The number of hydrogen-bond acceptors (Lipinski definition) is 5. The highest BCUT2D eigenvalue weighted by Crippen LogP contribution is 2.44. The molecule has 2 aromatic rings. The summed E-state index contributed by atoms with van der Waals surface area (Å²) in [7, 11) is 0. The van der Waals surface area contributed by atoms with Crippen LogP contribution < -0.4 is 5.32 Å². The minimum absolute atomic E-state index is 0.00205.